The Balaban J connectivity index is 1.53. The molecule has 2 heterocycles. The summed E-state index contributed by atoms with van der Waals surface area (Å²) in [5.74, 6) is 0.270. The highest BCUT2D eigenvalue weighted by Gasteiger charge is 2.53. The molecule has 1 aliphatic heterocycles. The van der Waals surface area contributed by atoms with Crippen molar-refractivity contribution in [2.75, 3.05) is 14.1 Å². The first kappa shape index (κ1) is 23.5. The summed E-state index contributed by atoms with van der Waals surface area (Å²) < 4.78 is 28.2. The molecule has 5 rings (SSSR count). The molecule has 184 valence electrons. The Kier molecular flexibility index (Phi) is 5.68. The first-order chi connectivity index (χ1) is 16.7. The number of benzene rings is 2. The van der Waals surface area contributed by atoms with Gasteiger partial charge in [0.1, 0.15) is 11.4 Å². The Bertz CT molecular complexity index is 1450. The summed E-state index contributed by atoms with van der Waals surface area (Å²) in [6.45, 7) is 2.51. The molecular formula is C25H29N5O4S. The molecule has 0 bridgehead atoms. The van der Waals surface area contributed by atoms with Crippen molar-refractivity contribution >= 4 is 33.0 Å². The van der Waals surface area contributed by atoms with Gasteiger partial charge in [0.2, 0.25) is 10.0 Å². The quantitative estimate of drug-likeness (QED) is 0.548. The standard InChI is InChI=1S/C25H29N5O4S/c1-4-29-21-13-12-18(35(33,34)28(2)3)15-20(21)26-22(29)16-30-23(31)25(27-24(30)32)14-8-7-10-17-9-5-6-11-19(17)25/h5-6,9,11-13,15H,4,7-8,10,14,16H2,1-3H3,(H,27,32)/t25-/m1/s1. The molecule has 1 spiro atoms. The van der Waals surface area contributed by atoms with Crippen LogP contribution in [0.25, 0.3) is 11.0 Å². The highest BCUT2D eigenvalue weighted by atomic mass is 32.2. The van der Waals surface area contributed by atoms with E-state index in [0.29, 0.717) is 24.3 Å². The number of hydrogen-bond acceptors (Lipinski definition) is 5. The molecule has 35 heavy (non-hydrogen) atoms. The summed E-state index contributed by atoms with van der Waals surface area (Å²) in [4.78, 5) is 33.0. The van der Waals surface area contributed by atoms with E-state index in [0.717, 1.165) is 40.2 Å². The molecule has 1 fully saturated rings. The maximum atomic E-state index is 13.8. The van der Waals surface area contributed by atoms with Gasteiger partial charge in [-0.05, 0) is 61.9 Å². The topological polar surface area (TPSA) is 105 Å². The Morgan fingerprint density at radius 1 is 1.11 bits per heavy atom. The first-order valence-electron chi connectivity index (χ1n) is 11.8. The molecule has 1 N–H and O–H groups in total. The van der Waals surface area contributed by atoms with Gasteiger partial charge in [-0.3, -0.25) is 9.69 Å². The predicted molar refractivity (Wildman–Crippen MR) is 131 cm³/mol. The lowest BCUT2D eigenvalue weighted by Crippen LogP contribution is -2.44. The number of carbonyl (C=O) groups excluding carboxylic acids is 2. The minimum absolute atomic E-state index is 0.00681. The number of imidazole rings is 1. The molecule has 2 aliphatic rings. The molecule has 2 aromatic carbocycles. The van der Waals surface area contributed by atoms with E-state index in [2.05, 4.69) is 10.3 Å². The molecule has 9 nitrogen and oxygen atoms in total. The van der Waals surface area contributed by atoms with Crippen molar-refractivity contribution < 1.29 is 18.0 Å². The first-order valence-corrected chi connectivity index (χ1v) is 13.3. The number of amides is 3. The number of sulfonamides is 1. The van der Waals surface area contributed by atoms with Crippen LogP contribution in [0.5, 0.6) is 0 Å². The summed E-state index contributed by atoms with van der Waals surface area (Å²) >= 11 is 0. The smallest absolute Gasteiger partial charge is 0.325 e. The van der Waals surface area contributed by atoms with Crippen molar-refractivity contribution in [3.63, 3.8) is 0 Å². The summed E-state index contributed by atoms with van der Waals surface area (Å²) in [6.07, 6.45) is 3.24. The second-order valence-corrected chi connectivity index (χ2v) is 11.5. The van der Waals surface area contributed by atoms with Gasteiger partial charge in [0.25, 0.3) is 5.91 Å². The van der Waals surface area contributed by atoms with Gasteiger partial charge in [-0.25, -0.2) is 22.5 Å². The van der Waals surface area contributed by atoms with Gasteiger partial charge in [-0.2, -0.15) is 0 Å². The number of aromatic nitrogens is 2. The highest BCUT2D eigenvalue weighted by Crippen LogP contribution is 2.39. The second kappa shape index (κ2) is 8.46. The van der Waals surface area contributed by atoms with Gasteiger partial charge >= 0.3 is 6.03 Å². The molecule has 3 aromatic rings. The monoisotopic (exact) mass is 495 g/mol. The number of rotatable bonds is 5. The van der Waals surface area contributed by atoms with Crippen LogP contribution in [-0.4, -0.2) is 53.2 Å². The number of carbonyl (C=O) groups is 2. The van der Waals surface area contributed by atoms with Crippen LogP contribution in [0.4, 0.5) is 4.79 Å². The van der Waals surface area contributed by atoms with Crippen LogP contribution in [0.15, 0.2) is 47.4 Å². The largest absolute Gasteiger partial charge is 0.327 e. The molecule has 1 aliphatic carbocycles. The lowest BCUT2D eigenvalue weighted by Gasteiger charge is -2.27. The second-order valence-electron chi connectivity index (χ2n) is 9.30. The molecule has 3 amide bonds. The number of nitrogens with one attached hydrogen (secondary N) is 1. The Morgan fingerprint density at radius 2 is 1.89 bits per heavy atom. The van der Waals surface area contributed by atoms with E-state index in [1.807, 2.05) is 35.8 Å². The summed E-state index contributed by atoms with van der Waals surface area (Å²) in [6, 6.07) is 12.2. The zero-order chi connectivity index (χ0) is 25.0. The van der Waals surface area contributed by atoms with Crippen molar-refractivity contribution in [2.24, 2.45) is 0 Å². The Labute approximate surface area is 204 Å². The number of urea groups is 1. The van der Waals surface area contributed by atoms with E-state index in [1.165, 1.54) is 25.1 Å². The van der Waals surface area contributed by atoms with Crippen molar-refractivity contribution in [1.82, 2.24) is 24.1 Å². The number of fused-ring (bicyclic) bond motifs is 3. The molecule has 1 atom stereocenters. The number of hydrogen-bond donors (Lipinski definition) is 1. The molecule has 0 unspecified atom stereocenters. The average Bonchev–Trinajstić information content (AvgIpc) is 3.22. The summed E-state index contributed by atoms with van der Waals surface area (Å²) in [5, 5.41) is 3.01. The fourth-order valence-corrected chi connectivity index (χ4v) is 6.18. The van der Waals surface area contributed by atoms with Gasteiger partial charge in [0.05, 0.1) is 22.5 Å². The molecule has 1 aromatic heterocycles. The maximum Gasteiger partial charge on any atom is 0.325 e. The van der Waals surface area contributed by atoms with Crippen molar-refractivity contribution in [3.05, 3.63) is 59.4 Å². The lowest BCUT2D eigenvalue weighted by molar-refractivity contribution is -0.132. The van der Waals surface area contributed by atoms with Gasteiger partial charge in [-0.15, -0.1) is 0 Å². The molecule has 0 radical (unpaired) electrons. The molecular weight excluding hydrogens is 466 g/mol. The third-order valence-corrected chi connectivity index (χ3v) is 8.90. The van der Waals surface area contributed by atoms with Gasteiger partial charge < -0.3 is 9.88 Å². The Hall–Kier alpha value is -3.24. The van der Waals surface area contributed by atoms with E-state index >= 15 is 0 Å². The summed E-state index contributed by atoms with van der Waals surface area (Å²) in [7, 11) is -0.652. The van der Waals surface area contributed by atoms with E-state index in [-0.39, 0.29) is 17.3 Å². The number of imide groups is 1. The van der Waals surface area contributed by atoms with Crippen LogP contribution in [0.2, 0.25) is 0 Å². The fourth-order valence-electron chi connectivity index (χ4n) is 5.26. The zero-order valence-electron chi connectivity index (χ0n) is 20.1. The lowest BCUT2D eigenvalue weighted by atomic mass is 9.84. The van der Waals surface area contributed by atoms with Crippen LogP contribution in [-0.2, 0) is 39.9 Å². The van der Waals surface area contributed by atoms with Crippen molar-refractivity contribution in [3.8, 4) is 0 Å². The number of nitrogens with zero attached hydrogens (tertiary/aromatic N) is 4. The minimum Gasteiger partial charge on any atom is -0.327 e. The third kappa shape index (κ3) is 3.63. The van der Waals surface area contributed by atoms with Crippen molar-refractivity contribution in [1.29, 1.82) is 0 Å². The van der Waals surface area contributed by atoms with Crippen LogP contribution < -0.4 is 5.32 Å². The highest BCUT2D eigenvalue weighted by molar-refractivity contribution is 7.89. The SMILES string of the molecule is CCn1c(CN2C(=O)N[C@@]3(CCCCc4ccccc43)C2=O)nc2cc(S(=O)(=O)N(C)C)ccc21. The van der Waals surface area contributed by atoms with Crippen LogP contribution >= 0.6 is 0 Å². The van der Waals surface area contributed by atoms with Gasteiger partial charge in [0.15, 0.2) is 0 Å². The third-order valence-electron chi connectivity index (χ3n) is 7.09. The Morgan fingerprint density at radius 3 is 2.63 bits per heavy atom. The molecule has 10 heteroatoms. The van der Waals surface area contributed by atoms with Crippen LogP contribution in [0, 0.1) is 0 Å². The average molecular weight is 496 g/mol. The van der Waals surface area contributed by atoms with E-state index in [1.54, 1.807) is 12.1 Å². The maximum absolute atomic E-state index is 13.8. The number of aryl methyl sites for hydroxylation is 2. The normalized spacial score (nSPS) is 20.5. The van der Waals surface area contributed by atoms with Crippen LogP contribution in [0.1, 0.15) is 43.1 Å². The molecule has 1 saturated heterocycles. The van der Waals surface area contributed by atoms with E-state index in [4.69, 9.17) is 0 Å². The van der Waals surface area contributed by atoms with Gasteiger partial charge in [0, 0.05) is 20.6 Å². The summed E-state index contributed by atoms with van der Waals surface area (Å²) in [5.41, 5.74) is 2.17. The van der Waals surface area contributed by atoms with E-state index in [9.17, 15) is 18.0 Å². The minimum atomic E-state index is -3.61. The predicted octanol–water partition coefficient (Wildman–Crippen LogP) is 2.98. The van der Waals surface area contributed by atoms with E-state index < -0.39 is 21.6 Å². The van der Waals surface area contributed by atoms with Crippen LogP contribution in [0.3, 0.4) is 0 Å². The van der Waals surface area contributed by atoms with Gasteiger partial charge in [-0.1, -0.05) is 24.3 Å². The zero-order valence-corrected chi connectivity index (χ0v) is 20.9. The molecule has 0 saturated carbocycles. The van der Waals surface area contributed by atoms with Crippen molar-refractivity contribution in [2.45, 2.75) is 56.1 Å². The fraction of sp³-hybridized carbons (Fsp3) is 0.400.